The zero-order valence-corrected chi connectivity index (χ0v) is 15.6. The van der Waals surface area contributed by atoms with Crippen molar-refractivity contribution >= 4 is 80.1 Å². The van der Waals surface area contributed by atoms with Crippen molar-refractivity contribution in [2.24, 2.45) is 0 Å². The van der Waals surface area contributed by atoms with Crippen molar-refractivity contribution in [1.29, 1.82) is 0 Å². The summed E-state index contributed by atoms with van der Waals surface area (Å²) >= 11 is 16.7. The number of anilines is 1. The molecule has 1 N–H and O–H groups in total. The van der Waals surface area contributed by atoms with E-state index in [0.29, 0.717) is 4.88 Å². The smallest absolute Gasteiger partial charge is 0.273 e. The van der Waals surface area contributed by atoms with E-state index >= 15 is 0 Å². The van der Waals surface area contributed by atoms with Crippen LogP contribution in [0.2, 0.25) is 10.0 Å². The standard InChI is InChI=1S/C15H7BrCl2N2O3S/c16-11-5-4-7(24-11)6-8-13(21)19-15(23)20(14(8)22)10-3-1-2-9(17)12(10)18/h1-6H,(H,19,21,23)/b8-6+. The molecule has 5 nitrogen and oxygen atoms in total. The molecule has 1 saturated heterocycles. The second-order valence-electron chi connectivity index (χ2n) is 4.67. The summed E-state index contributed by atoms with van der Waals surface area (Å²) in [6, 6.07) is 7.22. The number of carbonyl (C=O) groups excluding carboxylic acids is 3. The summed E-state index contributed by atoms with van der Waals surface area (Å²) in [5.41, 5.74) is -0.0579. The Bertz CT molecular complexity index is 910. The lowest BCUT2D eigenvalue weighted by atomic mass is 10.1. The van der Waals surface area contributed by atoms with E-state index in [0.717, 1.165) is 8.69 Å². The normalized spacial score (nSPS) is 16.7. The summed E-state index contributed by atoms with van der Waals surface area (Å²) in [6.45, 7) is 0. The van der Waals surface area contributed by atoms with Crippen LogP contribution >= 0.6 is 50.5 Å². The summed E-state index contributed by atoms with van der Waals surface area (Å²) in [7, 11) is 0. The van der Waals surface area contributed by atoms with Crippen LogP contribution in [0.15, 0.2) is 39.7 Å². The minimum Gasteiger partial charge on any atom is -0.273 e. The maximum absolute atomic E-state index is 12.7. The lowest BCUT2D eigenvalue weighted by molar-refractivity contribution is -0.122. The molecule has 122 valence electrons. The first kappa shape index (κ1) is 17.2. The highest BCUT2D eigenvalue weighted by molar-refractivity contribution is 9.11. The van der Waals surface area contributed by atoms with Crippen LogP contribution in [0.1, 0.15) is 4.88 Å². The first-order valence-electron chi connectivity index (χ1n) is 6.49. The van der Waals surface area contributed by atoms with Crippen molar-refractivity contribution in [2.45, 2.75) is 0 Å². The third-order valence-corrected chi connectivity index (χ3v) is 5.53. The van der Waals surface area contributed by atoms with Crippen molar-refractivity contribution in [1.82, 2.24) is 5.32 Å². The van der Waals surface area contributed by atoms with Gasteiger partial charge in [0.25, 0.3) is 11.8 Å². The lowest BCUT2D eigenvalue weighted by Crippen LogP contribution is -2.54. The third-order valence-electron chi connectivity index (χ3n) is 3.15. The molecule has 9 heteroatoms. The number of benzene rings is 1. The minimum atomic E-state index is -0.876. The zero-order chi connectivity index (χ0) is 17.4. The quantitative estimate of drug-likeness (QED) is 0.547. The fourth-order valence-electron chi connectivity index (χ4n) is 2.09. The number of rotatable bonds is 2. The molecule has 0 spiro atoms. The van der Waals surface area contributed by atoms with Gasteiger partial charge in [0, 0.05) is 4.88 Å². The van der Waals surface area contributed by atoms with Crippen LogP contribution in [0.4, 0.5) is 10.5 Å². The van der Waals surface area contributed by atoms with Gasteiger partial charge in [-0.05, 0) is 46.3 Å². The predicted octanol–water partition coefficient (Wildman–Crippen LogP) is 4.48. The van der Waals surface area contributed by atoms with Crippen LogP contribution in [-0.4, -0.2) is 17.8 Å². The van der Waals surface area contributed by atoms with Crippen molar-refractivity contribution in [2.75, 3.05) is 4.90 Å². The van der Waals surface area contributed by atoms with Gasteiger partial charge in [0.1, 0.15) is 5.57 Å². The van der Waals surface area contributed by atoms with Crippen LogP contribution in [0.3, 0.4) is 0 Å². The molecule has 1 fully saturated rings. The highest BCUT2D eigenvalue weighted by Crippen LogP contribution is 2.34. The van der Waals surface area contributed by atoms with Crippen molar-refractivity contribution < 1.29 is 14.4 Å². The lowest BCUT2D eigenvalue weighted by Gasteiger charge is -2.27. The zero-order valence-electron chi connectivity index (χ0n) is 11.7. The van der Waals surface area contributed by atoms with E-state index in [1.54, 1.807) is 18.2 Å². The Morgan fingerprint density at radius 2 is 1.88 bits per heavy atom. The maximum Gasteiger partial charge on any atom is 0.336 e. The molecule has 0 aliphatic carbocycles. The van der Waals surface area contributed by atoms with Gasteiger partial charge < -0.3 is 0 Å². The molecule has 1 aliphatic rings. The number of thiophene rings is 1. The molecule has 1 aromatic carbocycles. The summed E-state index contributed by atoms with van der Waals surface area (Å²) in [4.78, 5) is 38.3. The number of halogens is 3. The van der Waals surface area contributed by atoms with E-state index in [1.807, 2.05) is 0 Å². The number of barbiturate groups is 1. The summed E-state index contributed by atoms with van der Waals surface area (Å²) in [6.07, 6.45) is 1.42. The molecule has 0 saturated carbocycles. The van der Waals surface area contributed by atoms with E-state index in [9.17, 15) is 14.4 Å². The third kappa shape index (κ3) is 3.12. The van der Waals surface area contributed by atoms with Gasteiger partial charge in [-0.2, -0.15) is 0 Å². The molecule has 2 aromatic rings. The Hall–Kier alpha value is -1.67. The number of imide groups is 2. The fourth-order valence-corrected chi connectivity index (χ4v) is 3.84. The average Bonchev–Trinajstić information content (AvgIpc) is 2.93. The van der Waals surface area contributed by atoms with Crippen molar-refractivity contribution in [3.63, 3.8) is 0 Å². The summed E-state index contributed by atoms with van der Waals surface area (Å²) in [5, 5.41) is 2.38. The largest absolute Gasteiger partial charge is 0.336 e. The number of nitrogens with one attached hydrogen (secondary N) is 1. The molecule has 0 radical (unpaired) electrons. The monoisotopic (exact) mass is 444 g/mol. The van der Waals surface area contributed by atoms with Gasteiger partial charge in [0.15, 0.2) is 0 Å². The second-order valence-corrected chi connectivity index (χ2v) is 7.95. The Labute approximate surface area is 159 Å². The van der Waals surface area contributed by atoms with E-state index in [2.05, 4.69) is 21.2 Å². The molecule has 24 heavy (non-hydrogen) atoms. The average molecular weight is 446 g/mol. The molecule has 4 amide bonds. The Kier molecular flexibility index (Phi) is 4.78. The topological polar surface area (TPSA) is 66.5 Å². The number of hydrogen-bond donors (Lipinski definition) is 1. The van der Waals surface area contributed by atoms with Crippen LogP contribution in [0, 0.1) is 0 Å². The molecule has 0 bridgehead atoms. The van der Waals surface area contributed by atoms with Crippen LogP contribution in [-0.2, 0) is 9.59 Å². The second kappa shape index (κ2) is 6.68. The highest BCUT2D eigenvalue weighted by Gasteiger charge is 2.38. The maximum atomic E-state index is 12.7. The molecule has 1 aromatic heterocycles. The molecule has 0 atom stereocenters. The van der Waals surface area contributed by atoms with Gasteiger partial charge in [-0.25, -0.2) is 9.69 Å². The van der Waals surface area contributed by atoms with E-state index < -0.39 is 17.8 Å². The number of urea groups is 1. The predicted molar refractivity (Wildman–Crippen MR) is 97.5 cm³/mol. The van der Waals surface area contributed by atoms with E-state index in [1.165, 1.54) is 29.5 Å². The molecule has 3 rings (SSSR count). The SMILES string of the molecule is O=C1NC(=O)N(c2cccc(Cl)c2Cl)C(=O)/C1=C/c1ccc(Br)s1. The van der Waals surface area contributed by atoms with Crippen molar-refractivity contribution in [3.8, 4) is 0 Å². The molecule has 1 aliphatic heterocycles. The molecular weight excluding hydrogens is 439 g/mol. The first-order chi connectivity index (χ1) is 11.4. The van der Waals surface area contributed by atoms with E-state index in [-0.39, 0.29) is 21.3 Å². The highest BCUT2D eigenvalue weighted by atomic mass is 79.9. The number of nitrogens with zero attached hydrogens (tertiary/aromatic N) is 1. The Balaban J connectivity index is 2.06. The van der Waals surface area contributed by atoms with Gasteiger partial charge in [-0.15, -0.1) is 11.3 Å². The van der Waals surface area contributed by atoms with Gasteiger partial charge in [0.2, 0.25) is 0 Å². The van der Waals surface area contributed by atoms with Crippen LogP contribution in [0.25, 0.3) is 6.08 Å². The van der Waals surface area contributed by atoms with E-state index in [4.69, 9.17) is 23.2 Å². The van der Waals surface area contributed by atoms with Crippen molar-refractivity contribution in [3.05, 3.63) is 54.6 Å². The Morgan fingerprint density at radius 1 is 1.12 bits per heavy atom. The molecule has 0 unspecified atom stereocenters. The van der Waals surface area contributed by atoms with Gasteiger partial charge in [-0.1, -0.05) is 29.3 Å². The molecular formula is C15H7BrCl2N2O3S. The number of carbonyl (C=O) groups is 3. The minimum absolute atomic E-state index is 0.0511. The van der Waals surface area contributed by atoms with Gasteiger partial charge in [-0.3, -0.25) is 14.9 Å². The van der Waals surface area contributed by atoms with Crippen LogP contribution < -0.4 is 10.2 Å². The first-order valence-corrected chi connectivity index (χ1v) is 8.86. The van der Waals surface area contributed by atoms with Gasteiger partial charge >= 0.3 is 6.03 Å². The fraction of sp³-hybridized carbons (Fsp3) is 0. The number of hydrogen-bond acceptors (Lipinski definition) is 4. The Morgan fingerprint density at radius 3 is 2.54 bits per heavy atom. The summed E-state index contributed by atoms with van der Waals surface area (Å²) in [5.74, 6) is -1.53. The number of amides is 4. The van der Waals surface area contributed by atoms with Crippen LogP contribution in [0.5, 0.6) is 0 Å². The van der Waals surface area contributed by atoms with Gasteiger partial charge in [0.05, 0.1) is 19.5 Å². The summed E-state index contributed by atoms with van der Waals surface area (Å²) < 4.78 is 0.851. The molecule has 2 heterocycles.